The van der Waals surface area contributed by atoms with E-state index in [1.165, 1.54) is 0 Å². The van der Waals surface area contributed by atoms with Crippen LogP contribution in [0.2, 0.25) is 0 Å². The number of hydrogen-bond donors (Lipinski definition) is 0. The Morgan fingerprint density at radius 2 is 1.87 bits per heavy atom. The predicted molar refractivity (Wildman–Crippen MR) is 90.1 cm³/mol. The van der Waals surface area contributed by atoms with E-state index in [-0.39, 0.29) is 5.78 Å². The second-order valence-corrected chi connectivity index (χ2v) is 4.93. The van der Waals surface area contributed by atoms with Crippen LogP contribution in [0.3, 0.4) is 0 Å². The molecule has 0 heterocycles. The van der Waals surface area contributed by atoms with Crippen LogP contribution in [0.25, 0.3) is 6.08 Å². The highest BCUT2D eigenvalue weighted by Gasteiger charge is 2.05. The van der Waals surface area contributed by atoms with Gasteiger partial charge in [0.05, 0.1) is 20.8 Å². The molecule has 2 rings (SSSR count). The van der Waals surface area contributed by atoms with Gasteiger partial charge in [-0.2, -0.15) is 0 Å². The highest BCUT2D eigenvalue weighted by atomic mass is 16.5. The van der Waals surface area contributed by atoms with Crippen molar-refractivity contribution in [2.24, 2.45) is 0 Å². The molecule has 4 nitrogen and oxygen atoms in total. The van der Waals surface area contributed by atoms with Crippen LogP contribution < -0.4 is 9.47 Å². The lowest BCUT2D eigenvalue weighted by molar-refractivity contribution is 0.104. The number of benzene rings is 2. The molecule has 0 saturated carbocycles. The quantitative estimate of drug-likeness (QED) is 0.577. The van der Waals surface area contributed by atoms with E-state index < -0.39 is 0 Å². The molecule has 0 aromatic heterocycles. The van der Waals surface area contributed by atoms with Crippen molar-refractivity contribution in [1.82, 2.24) is 0 Å². The van der Waals surface area contributed by atoms with Gasteiger partial charge in [-0.05, 0) is 35.9 Å². The summed E-state index contributed by atoms with van der Waals surface area (Å²) in [6, 6.07) is 12.8. The predicted octanol–water partition coefficient (Wildman–Crippen LogP) is 3.75. The van der Waals surface area contributed by atoms with E-state index >= 15 is 0 Å². The van der Waals surface area contributed by atoms with Crippen LogP contribution in [0.15, 0.2) is 48.5 Å². The molecule has 0 amide bonds. The first-order chi connectivity index (χ1) is 11.2. The van der Waals surface area contributed by atoms with Gasteiger partial charge in [-0.25, -0.2) is 0 Å². The van der Waals surface area contributed by atoms with Gasteiger partial charge in [-0.1, -0.05) is 24.3 Å². The van der Waals surface area contributed by atoms with Crippen molar-refractivity contribution in [2.45, 2.75) is 6.61 Å². The smallest absolute Gasteiger partial charge is 0.185 e. The van der Waals surface area contributed by atoms with Gasteiger partial charge in [0.25, 0.3) is 0 Å². The topological polar surface area (TPSA) is 44.8 Å². The van der Waals surface area contributed by atoms with E-state index in [0.29, 0.717) is 17.9 Å². The van der Waals surface area contributed by atoms with E-state index in [2.05, 4.69) is 0 Å². The van der Waals surface area contributed by atoms with Crippen LogP contribution in [-0.2, 0) is 11.3 Å². The third kappa shape index (κ3) is 4.44. The molecule has 0 bridgehead atoms. The maximum atomic E-state index is 12.2. The van der Waals surface area contributed by atoms with Crippen molar-refractivity contribution < 1.29 is 19.0 Å². The van der Waals surface area contributed by atoms with Crippen LogP contribution >= 0.6 is 0 Å². The van der Waals surface area contributed by atoms with Crippen molar-refractivity contribution in [1.29, 1.82) is 0 Å². The lowest BCUT2D eigenvalue weighted by Gasteiger charge is -2.08. The minimum absolute atomic E-state index is 0.0759. The zero-order valence-electron chi connectivity index (χ0n) is 13.5. The fraction of sp³-hybridized carbons (Fsp3) is 0.211. The first kappa shape index (κ1) is 16.8. The minimum Gasteiger partial charge on any atom is -0.497 e. The van der Waals surface area contributed by atoms with E-state index in [1.807, 2.05) is 18.2 Å². The van der Waals surface area contributed by atoms with Crippen LogP contribution in [0, 0.1) is 0 Å². The summed E-state index contributed by atoms with van der Waals surface area (Å²) in [5.41, 5.74) is 2.44. The third-order valence-electron chi connectivity index (χ3n) is 3.39. The van der Waals surface area contributed by atoms with Crippen molar-refractivity contribution in [3.05, 3.63) is 65.2 Å². The Morgan fingerprint density at radius 3 is 2.57 bits per heavy atom. The molecule has 0 aliphatic heterocycles. The van der Waals surface area contributed by atoms with Gasteiger partial charge in [0.1, 0.15) is 11.5 Å². The molecular formula is C19H20O4. The van der Waals surface area contributed by atoms with Crippen LogP contribution in [-0.4, -0.2) is 27.1 Å². The first-order valence-corrected chi connectivity index (χ1v) is 7.20. The molecule has 2 aromatic rings. The van der Waals surface area contributed by atoms with E-state index in [9.17, 15) is 4.79 Å². The second-order valence-electron chi connectivity index (χ2n) is 4.93. The number of ether oxygens (including phenoxy) is 3. The summed E-state index contributed by atoms with van der Waals surface area (Å²) < 4.78 is 15.6. The monoisotopic (exact) mass is 312 g/mol. The van der Waals surface area contributed by atoms with Gasteiger partial charge < -0.3 is 14.2 Å². The molecule has 2 aromatic carbocycles. The number of carbonyl (C=O) groups excluding carboxylic acids is 1. The molecule has 120 valence electrons. The maximum absolute atomic E-state index is 12.2. The molecule has 4 heteroatoms. The van der Waals surface area contributed by atoms with Crippen molar-refractivity contribution in [2.75, 3.05) is 21.3 Å². The van der Waals surface area contributed by atoms with Gasteiger partial charge >= 0.3 is 0 Å². The summed E-state index contributed by atoms with van der Waals surface area (Å²) in [6.07, 6.45) is 3.33. The Labute approximate surface area is 136 Å². The normalized spacial score (nSPS) is 10.7. The van der Waals surface area contributed by atoms with E-state index in [4.69, 9.17) is 14.2 Å². The highest BCUT2D eigenvalue weighted by Crippen LogP contribution is 2.21. The van der Waals surface area contributed by atoms with Crippen LogP contribution in [0.5, 0.6) is 11.5 Å². The molecule has 0 fully saturated rings. The number of ketones is 1. The Balaban J connectivity index is 2.18. The lowest BCUT2D eigenvalue weighted by atomic mass is 10.1. The van der Waals surface area contributed by atoms with E-state index in [1.54, 1.807) is 57.7 Å². The number of carbonyl (C=O) groups is 1. The summed E-state index contributed by atoms with van der Waals surface area (Å²) >= 11 is 0. The fourth-order valence-corrected chi connectivity index (χ4v) is 2.21. The zero-order chi connectivity index (χ0) is 16.7. The highest BCUT2D eigenvalue weighted by molar-refractivity contribution is 6.07. The van der Waals surface area contributed by atoms with Gasteiger partial charge in [0.15, 0.2) is 5.78 Å². The molecule has 0 N–H and O–H groups in total. The summed E-state index contributed by atoms with van der Waals surface area (Å²) in [5, 5.41) is 0. The molecule has 0 aliphatic rings. The SMILES string of the molecule is COCc1cc(/C=C/C(=O)c2cccc(OC)c2)ccc1OC. The van der Waals surface area contributed by atoms with Crippen molar-refractivity contribution in [3.8, 4) is 11.5 Å². The average molecular weight is 312 g/mol. The summed E-state index contributed by atoms with van der Waals surface area (Å²) in [4.78, 5) is 12.2. The second kappa shape index (κ2) is 8.15. The Kier molecular flexibility index (Phi) is 5.94. The van der Waals surface area contributed by atoms with Crippen molar-refractivity contribution >= 4 is 11.9 Å². The molecule has 0 atom stereocenters. The van der Waals surface area contributed by atoms with Crippen LogP contribution in [0.4, 0.5) is 0 Å². The molecular weight excluding hydrogens is 292 g/mol. The number of hydrogen-bond acceptors (Lipinski definition) is 4. The van der Waals surface area contributed by atoms with Crippen LogP contribution in [0.1, 0.15) is 21.5 Å². The zero-order valence-corrected chi connectivity index (χ0v) is 13.5. The Morgan fingerprint density at radius 1 is 1.04 bits per heavy atom. The lowest BCUT2D eigenvalue weighted by Crippen LogP contribution is -1.96. The Bertz CT molecular complexity index is 704. The molecule has 0 saturated heterocycles. The molecule has 0 spiro atoms. The first-order valence-electron chi connectivity index (χ1n) is 7.20. The van der Waals surface area contributed by atoms with Gasteiger partial charge in [0, 0.05) is 18.2 Å². The van der Waals surface area contributed by atoms with Gasteiger partial charge in [-0.15, -0.1) is 0 Å². The number of methoxy groups -OCH3 is 3. The molecule has 0 unspecified atom stereocenters. The molecule has 0 aliphatic carbocycles. The molecule has 0 radical (unpaired) electrons. The standard InChI is InChI=1S/C19H20O4/c1-21-13-16-11-14(8-10-19(16)23-3)7-9-18(20)15-5-4-6-17(12-15)22-2/h4-12H,13H2,1-3H3/b9-7+. The Hall–Kier alpha value is -2.59. The number of rotatable bonds is 7. The van der Waals surface area contributed by atoms with Gasteiger partial charge in [-0.3, -0.25) is 4.79 Å². The summed E-state index contributed by atoms with van der Waals surface area (Å²) in [6.45, 7) is 0.453. The third-order valence-corrected chi connectivity index (χ3v) is 3.39. The van der Waals surface area contributed by atoms with E-state index in [0.717, 1.165) is 16.9 Å². The van der Waals surface area contributed by atoms with Crippen molar-refractivity contribution in [3.63, 3.8) is 0 Å². The largest absolute Gasteiger partial charge is 0.497 e. The minimum atomic E-state index is -0.0759. The summed E-state index contributed by atoms with van der Waals surface area (Å²) in [5.74, 6) is 1.35. The van der Waals surface area contributed by atoms with Gasteiger partial charge in [0.2, 0.25) is 0 Å². The number of allylic oxidation sites excluding steroid dienone is 1. The average Bonchev–Trinajstić information content (AvgIpc) is 2.60. The maximum Gasteiger partial charge on any atom is 0.185 e. The fourth-order valence-electron chi connectivity index (χ4n) is 2.21. The summed E-state index contributed by atoms with van der Waals surface area (Å²) in [7, 11) is 4.83. The molecule has 23 heavy (non-hydrogen) atoms.